The Kier molecular flexibility index (Phi) is 4.30. The van der Waals surface area contributed by atoms with Crippen LogP contribution in [0.15, 0.2) is 34.9 Å². The molecule has 1 aromatic carbocycles. The number of nitrogens with one attached hydrogen (secondary N) is 2. The number of amides is 1. The highest BCUT2D eigenvalue weighted by Gasteiger charge is 2.45. The SMILES string of the molecule is CC(=O)c1nc(-c2cccc(-c3cc([C@]4(O)CCNC4=O)on3)c2)n2c1CNCC2. The van der Waals surface area contributed by atoms with Crippen LogP contribution in [-0.4, -0.2) is 44.6 Å². The lowest BCUT2D eigenvalue weighted by Crippen LogP contribution is -2.34. The van der Waals surface area contributed by atoms with E-state index in [1.54, 1.807) is 6.07 Å². The number of hydrogen-bond acceptors (Lipinski definition) is 7. The lowest BCUT2D eigenvalue weighted by Gasteiger charge is -2.18. The summed E-state index contributed by atoms with van der Waals surface area (Å²) >= 11 is 0. The van der Waals surface area contributed by atoms with E-state index in [1.807, 2.05) is 24.3 Å². The minimum Gasteiger partial charge on any atom is -0.373 e. The maximum atomic E-state index is 12.1. The molecule has 2 aliphatic rings. The Morgan fingerprint density at radius 2 is 2.10 bits per heavy atom. The fourth-order valence-corrected chi connectivity index (χ4v) is 4.08. The van der Waals surface area contributed by atoms with Crippen molar-refractivity contribution in [3.05, 3.63) is 47.5 Å². The summed E-state index contributed by atoms with van der Waals surface area (Å²) in [5, 5.41) is 20.6. The molecule has 2 aromatic heterocycles. The van der Waals surface area contributed by atoms with Crippen LogP contribution in [0.25, 0.3) is 22.6 Å². The van der Waals surface area contributed by atoms with Crippen LogP contribution in [-0.2, 0) is 23.5 Å². The first kappa shape index (κ1) is 18.7. The predicted octanol–water partition coefficient (Wildman–Crippen LogP) is 1.22. The average molecular weight is 407 g/mol. The summed E-state index contributed by atoms with van der Waals surface area (Å²) in [4.78, 5) is 28.7. The van der Waals surface area contributed by atoms with Gasteiger partial charge in [0.1, 0.15) is 17.2 Å². The molecule has 1 saturated heterocycles. The molecule has 30 heavy (non-hydrogen) atoms. The van der Waals surface area contributed by atoms with Crippen molar-refractivity contribution in [2.45, 2.75) is 32.0 Å². The van der Waals surface area contributed by atoms with E-state index in [0.717, 1.165) is 35.7 Å². The van der Waals surface area contributed by atoms with Crippen LogP contribution in [0.1, 0.15) is 35.3 Å². The second kappa shape index (κ2) is 6.89. The quantitative estimate of drug-likeness (QED) is 0.556. The van der Waals surface area contributed by atoms with Gasteiger partial charge in [0, 0.05) is 56.7 Å². The number of carbonyl (C=O) groups is 2. The molecule has 0 unspecified atom stereocenters. The number of carbonyl (C=O) groups excluding carboxylic acids is 2. The van der Waals surface area contributed by atoms with Crippen LogP contribution in [0.2, 0.25) is 0 Å². The first-order valence-electron chi connectivity index (χ1n) is 9.87. The molecule has 0 bridgehead atoms. The highest BCUT2D eigenvalue weighted by atomic mass is 16.5. The summed E-state index contributed by atoms with van der Waals surface area (Å²) < 4.78 is 7.39. The Labute approximate surface area is 172 Å². The Morgan fingerprint density at radius 3 is 2.87 bits per heavy atom. The van der Waals surface area contributed by atoms with Gasteiger partial charge in [-0.05, 0) is 6.07 Å². The van der Waals surface area contributed by atoms with E-state index in [2.05, 4.69) is 25.3 Å². The fraction of sp³-hybridized carbons (Fsp3) is 0.333. The smallest absolute Gasteiger partial charge is 0.260 e. The molecule has 9 heteroatoms. The van der Waals surface area contributed by atoms with Gasteiger partial charge in [-0.2, -0.15) is 0 Å². The fourth-order valence-electron chi connectivity index (χ4n) is 4.08. The van der Waals surface area contributed by atoms with Crippen LogP contribution in [0.4, 0.5) is 0 Å². The van der Waals surface area contributed by atoms with Gasteiger partial charge in [0.05, 0.1) is 5.69 Å². The number of rotatable bonds is 4. The molecule has 0 aliphatic carbocycles. The maximum Gasteiger partial charge on any atom is 0.260 e. The number of aliphatic hydroxyl groups is 1. The third-order valence-corrected chi connectivity index (χ3v) is 5.69. The summed E-state index contributed by atoms with van der Waals surface area (Å²) in [5.41, 5.74) is 1.83. The first-order valence-corrected chi connectivity index (χ1v) is 9.87. The summed E-state index contributed by atoms with van der Waals surface area (Å²) in [6, 6.07) is 9.20. The zero-order valence-electron chi connectivity index (χ0n) is 16.4. The van der Waals surface area contributed by atoms with Gasteiger partial charge in [-0.15, -0.1) is 0 Å². The van der Waals surface area contributed by atoms with Crippen LogP contribution in [0.3, 0.4) is 0 Å². The third-order valence-electron chi connectivity index (χ3n) is 5.69. The lowest BCUT2D eigenvalue weighted by atomic mass is 9.98. The zero-order chi connectivity index (χ0) is 20.9. The molecule has 0 radical (unpaired) electrons. The van der Waals surface area contributed by atoms with Gasteiger partial charge in [0.15, 0.2) is 11.5 Å². The van der Waals surface area contributed by atoms with Gasteiger partial charge < -0.3 is 24.8 Å². The summed E-state index contributed by atoms with van der Waals surface area (Å²) in [7, 11) is 0. The predicted molar refractivity (Wildman–Crippen MR) is 106 cm³/mol. The molecule has 1 amide bonds. The normalized spacial score (nSPS) is 20.8. The van der Waals surface area contributed by atoms with Gasteiger partial charge >= 0.3 is 0 Å². The second-order valence-corrected chi connectivity index (χ2v) is 7.64. The highest BCUT2D eigenvalue weighted by molar-refractivity contribution is 5.94. The molecule has 0 saturated carbocycles. The van der Waals surface area contributed by atoms with E-state index >= 15 is 0 Å². The highest BCUT2D eigenvalue weighted by Crippen LogP contribution is 2.33. The van der Waals surface area contributed by atoms with E-state index in [1.165, 1.54) is 6.92 Å². The van der Waals surface area contributed by atoms with E-state index in [4.69, 9.17) is 4.52 Å². The molecule has 9 nitrogen and oxygen atoms in total. The summed E-state index contributed by atoms with van der Waals surface area (Å²) in [5.74, 6) is 0.319. The van der Waals surface area contributed by atoms with Crippen molar-refractivity contribution in [3.63, 3.8) is 0 Å². The largest absolute Gasteiger partial charge is 0.373 e. The number of Topliss-reactive ketones (excluding diaryl/α,β-unsaturated/α-hetero) is 1. The molecule has 1 atom stereocenters. The molecule has 3 aromatic rings. The molecular formula is C21H21N5O4. The van der Waals surface area contributed by atoms with Crippen molar-refractivity contribution in [1.82, 2.24) is 25.3 Å². The lowest BCUT2D eigenvalue weighted by molar-refractivity contribution is -0.137. The molecule has 5 rings (SSSR count). The summed E-state index contributed by atoms with van der Waals surface area (Å²) in [6.45, 7) is 4.05. The third kappa shape index (κ3) is 2.86. The van der Waals surface area contributed by atoms with E-state index < -0.39 is 11.5 Å². The molecule has 4 heterocycles. The van der Waals surface area contributed by atoms with Crippen LogP contribution in [0, 0.1) is 0 Å². The number of aromatic nitrogens is 3. The maximum absolute atomic E-state index is 12.1. The topological polar surface area (TPSA) is 122 Å². The monoisotopic (exact) mass is 407 g/mol. The Balaban J connectivity index is 1.54. The molecule has 3 N–H and O–H groups in total. The van der Waals surface area contributed by atoms with Gasteiger partial charge in [-0.25, -0.2) is 4.98 Å². The van der Waals surface area contributed by atoms with Crippen LogP contribution >= 0.6 is 0 Å². The minimum atomic E-state index is -1.69. The van der Waals surface area contributed by atoms with Crippen LogP contribution < -0.4 is 10.6 Å². The molecule has 154 valence electrons. The Bertz CT molecular complexity index is 1160. The standard InChI is InChI=1S/C21H21N5O4/c1-12(27)18-16-11-22-7-8-26(16)19(24-18)14-4-2-3-13(9-14)15-10-17(30-25-15)21(29)5-6-23-20(21)28/h2-4,9-10,22,29H,5-8,11H2,1H3,(H,23,28)/t21-/m1/s1. The molecule has 0 spiro atoms. The van der Waals surface area contributed by atoms with Gasteiger partial charge in [-0.1, -0.05) is 23.4 Å². The molecule has 2 aliphatic heterocycles. The minimum absolute atomic E-state index is 0.0610. The van der Waals surface area contributed by atoms with Gasteiger partial charge in [0.2, 0.25) is 5.60 Å². The second-order valence-electron chi connectivity index (χ2n) is 7.64. The number of nitrogens with zero attached hydrogens (tertiary/aromatic N) is 3. The van der Waals surface area contributed by atoms with Crippen molar-refractivity contribution in [3.8, 4) is 22.6 Å². The zero-order valence-corrected chi connectivity index (χ0v) is 16.4. The van der Waals surface area contributed by atoms with Crippen molar-refractivity contribution in [2.75, 3.05) is 13.1 Å². The van der Waals surface area contributed by atoms with Crippen LogP contribution in [0.5, 0.6) is 0 Å². The van der Waals surface area contributed by atoms with Crippen molar-refractivity contribution < 1.29 is 19.2 Å². The number of imidazole rings is 1. The van der Waals surface area contributed by atoms with Gasteiger partial charge in [0.25, 0.3) is 5.91 Å². The number of ketones is 1. The van der Waals surface area contributed by atoms with Gasteiger partial charge in [-0.3, -0.25) is 9.59 Å². The number of benzene rings is 1. The van der Waals surface area contributed by atoms with E-state index in [0.29, 0.717) is 24.5 Å². The van der Waals surface area contributed by atoms with E-state index in [-0.39, 0.29) is 18.0 Å². The summed E-state index contributed by atoms with van der Waals surface area (Å²) in [6.07, 6.45) is 0.239. The molecular weight excluding hydrogens is 386 g/mol. The van der Waals surface area contributed by atoms with E-state index in [9.17, 15) is 14.7 Å². The number of fused-ring (bicyclic) bond motifs is 1. The number of hydrogen-bond donors (Lipinski definition) is 3. The Hall–Kier alpha value is -3.30. The van der Waals surface area contributed by atoms with Crippen molar-refractivity contribution in [1.29, 1.82) is 0 Å². The molecule has 1 fully saturated rings. The Morgan fingerprint density at radius 1 is 1.27 bits per heavy atom. The van der Waals surface area contributed by atoms with Crippen molar-refractivity contribution in [2.24, 2.45) is 0 Å². The average Bonchev–Trinajstić information content (AvgIpc) is 3.46. The van der Waals surface area contributed by atoms with Crippen molar-refractivity contribution >= 4 is 11.7 Å². The first-order chi connectivity index (χ1) is 14.5.